The van der Waals surface area contributed by atoms with Crippen LogP contribution in [0.25, 0.3) is 0 Å². The molecule has 1 aromatic rings. The summed E-state index contributed by atoms with van der Waals surface area (Å²) in [6.07, 6.45) is -0.452. The summed E-state index contributed by atoms with van der Waals surface area (Å²) in [4.78, 5) is 12.8. The number of nitrogens with zero attached hydrogens (tertiary/aromatic N) is 1. The molecule has 5 heteroatoms. The van der Waals surface area contributed by atoms with Gasteiger partial charge >= 0.3 is 6.09 Å². The summed E-state index contributed by atoms with van der Waals surface area (Å²) in [7, 11) is 3.24. The highest BCUT2D eigenvalue weighted by Crippen LogP contribution is 2.45. The lowest BCUT2D eigenvalue weighted by Gasteiger charge is -2.17. The largest absolute Gasteiger partial charge is 0.449 e. The van der Waals surface area contributed by atoms with Crippen LogP contribution in [0.1, 0.15) is 13.8 Å². The van der Waals surface area contributed by atoms with Gasteiger partial charge in [0.05, 0.1) is 0 Å². The molecular formula is C12H15NO4. The molecule has 0 aliphatic carbocycles. The highest BCUT2D eigenvalue weighted by molar-refractivity contribution is 5.72. The Morgan fingerprint density at radius 1 is 1.29 bits per heavy atom. The van der Waals surface area contributed by atoms with Gasteiger partial charge in [-0.25, -0.2) is 4.79 Å². The van der Waals surface area contributed by atoms with Crippen LogP contribution in [0.5, 0.6) is 17.2 Å². The fourth-order valence-corrected chi connectivity index (χ4v) is 1.47. The second-order valence-electron chi connectivity index (χ2n) is 4.45. The summed E-state index contributed by atoms with van der Waals surface area (Å²) >= 11 is 0. The molecule has 0 spiro atoms. The fourth-order valence-electron chi connectivity index (χ4n) is 1.47. The summed E-state index contributed by atoms with van der Waals surface area (Å²) in [6, 6.07) is 5.20. The molecule has 0 unspecified atom stereocenters. The number of amides is 1. The third-order valence-corrected chi connectivity index (χ3v) is 2.21. The van der Waals surface area contributed by atoms with Gasteiger partial charge in [0.25, 0.3) is 0 Å². The number of fused-ring (bicyclic) bond motifs is 1. The summed E-state index contributed by atoms with van der Waals surface area (Å²) < 4.78 is 16.3. The molecule has 1 heterocycles. The lowest BCUT2D eigenvalue weighted by molar-refractivity contribution is -0.0439. The SMILES string of the molecule is CN(C)C(=O)Oc1cccc2c1OC(C)(C)O2. The summed E-state index contributed by atoms with van der Waals surface area (Å²) in [5.74, 6) is 0.682. The fraction of sp³-hybridized carbons (Fsp3) is 0.417. The van der Waals surface area contributed by atoms with Crippen molar-refractivity contribution >= 4 is 6.09 Å². The van der Waals surface area contributed by atoms with E-state index in [-0.39, 0.29) is 0 Å². The van der Waals surface area contributed by atoms with Gasteiger partial charge < -0.3 is 19.1 Å². The molecule has 17 heavy (non-hydrogen) atoms. The molecule has 0 fully saturated rings. The normalized spacial score (nSPS) is 15.5. The highest BCUT2D eigenvalue weighted by Gasteiger charge is 2.34. The van der Waals surface area contributed by atoms with Crippen molar-refractivity contribution in [3.63, 3.8) is 0 Å². The van der Waals surface area contributed by atoms with Gasteiger partial charge in [-0.2, -0.15) is 0 Å². The number of para-hydroxylation sites is 1. The van der Waals surface area contributed by atoms with Gasteiger partial charge in [-0.1, -0.05) is 6.07 Å². The lowest BCUT2D eigenvalue weighted by Crippen LogP contribution is -2.30. The number of ether oxygens (including phenoxy) is 3. The molecule has 1 amide bonds. The zero-order valence-electron chi connectivity index (χ0n) is 10.3. The van der Waals surface area contributed by atoms with Gasteiger partial charge in [0, 0.05) is 27.9 Å². The number of rotatable bonds is 1. The second kappa shape index (κ2) is 3.84. The molecule has 92 valence electrons. The van der Waals surface area contributed by atoms with E-state index in [2.05, 4.69) is 0 Å². The number of hydrogen-bond donors (Lipinski definition) is 0. The maximum Gasteiger partial charge on any atom is 0.414 e. The van der Waals surface area contributed by atoms with Crippen LogP contribution in [-0.2, 0) is 0 Å². The van der Waals surface area contributed by atoms with E-state index in [1.807, 2.05) is 0 Å². The van der Waals surface area contributed by atoms with E-state index in [1.54, 1.807) is 46.1 Å². The molecule has 0 aromatic heterocycles. The van der Waals surface area contributed by atoms with Crippen LogP contribution in [0.2, 0.25) is 0 Å². The topological polar surface area (TPSA) is 48.0 Å². The van der Waals surface area contributed by atoms with E-state index in [9.17, 15) is 4.79 Å². The van der Waals surface area contributed by atoms with Crippen LogP contribution >= 0.6 is 0 Å². The Hall–Kier alpha value is -1.91. The third-order valence-electron chi connectivity index (χ3n) is 2.21. The number of carbonyl (C=O) groups excluding carboxylic acids is 1. The van der Waals surface area contributed by atoms with Gasteiger partial charge in [-0.05, 0) is 12.1 Å². The van der Waals surface area contributed by atoms with Gasteiger partial charge in [0.15, 0.2) is 11.5 Å². The van der Waals surface area contributed by atoms with Crippen molar-refractivity contribution in [2.24, 2.45) is 0 Å². The van der Waals surface area contributed by atoms with Crippen LogP contribution in [0.4, 0.5) is 4.79 Å². The minimum absolute atomic E-state index is 0.367. The molecule has 1 aliphatic heterocycles. The Morgan fingerprint density at radius 3 is 2.65 bits per heavy atom. The Kier molecular flexibility index (Phi) is 2.61. The Morgan fingerprint density at radius 2 is 2.00 bits per heavy atom. The molecule has 0 N–H and O–H groups in total. The predicted octanol–water partition coefficient (Wildman–Crippen LogP) is 2.25. The van der Waals surface area contributed by atoms with E-state index >= 15 is 0 Å². The van der Waals surface area contributed by atoms with E-state index < -0.39 is 11.9 Å². The first kappa shape index (κ1) is 11.6. The van der Waals surface area contributed by atoms with Crippen molar-refractivity contribution in [1.29, 1.82) is 0 Å². The predicted molar refractivity (Wildman–Crippen MR) is 61.5 cm³/mol. The van der Waals surface area contributed by atoms with Crippen LogP contribution < -0.4 is 14.2 Å². The Bertz CT molecular complexity index is 454. The van der Waals surface area contributed by atoms with Crippen LogP contribution in [0, 0.1) is 0 Å². The average molecular weight is 237 g/mol. The molecule has 2 rings (SSSR count). The van der Waals surface area contributed by atoms with Gasteiger partial charge in [0.2, 0.25) is 11.5 Å². The molecular weight excluding hydrogens is 222 g/mol. The summed E-state index contributed by atoms with van der Waals surface area (Å²) in [5, 5.41) is 0. The van der Waals surface area contributed by atoms with Gasteiger partial charge in [-0.3, -0.25) is 0 Å². The monoisotopic (exact) mass is 237 g/mol. The Labute approximate surface area is 99.9 Å². The van der Waals surface area contributed by atoms with Crippen LogP contribution in [0.15, 0.2) is 18.2 Å². The smallest absolute Gasteiger partial charge is 0.414 e. The number of carbonyl (C=O) groups is 1. The summed E-state index contributed by atoms with van der Waals surface area (Å²) in [5.41, 5.74) is 0. The first-order chi connectivity index (χ1) is 7.89. The number of hydrogen-bond acceptors (Lipinski definition) is 4. The minimum atomic E-state index is -0.733. The van der Waals surface area contributed by atoms with E-state index in [0.717, 1.165) is 0 Å². The summed E-state index contributed by atoms with van der Waals surface area (Å²) in [6.45, 7) is 3.59. The molecule has 0 bridgehead atoms. The molecule has 0 saturated carbocycles. The van der Waals surface area contributed by atoms with Gasteiger partial charge in [0.1, 0.15) is 0 Å². The van der Waals surface area contributed by atoms with Crippen molar-refractivity contribution in [2.45, 2.75) is 19.6 Å². The van der Waals surface area contributed by atoms with E-state index in [0.29, 0.717) is 17.2 Å². The van der Waals surface area contributed by atoms with Gasteiger partial charge in [-0.15, -0.1) is 0 Å². The molecule has 0 atom stereocenters. The Balaban J connectivity index is 2.27. The maximum absolute atomic E-state index is 11.5. The maximum atomic E-state index is 11.5. The standard InChI is InChI=1S/C12H15NO4/c1-12(2)16-9-7-5-6-8(10(9)17-12)15-11(14)13(3)4/h5-7H,1-4H3. The molecule has 0 saturated heterocycles. The van der Waals surface area contributed by atoms with Crippen LogP contribution in [0.3, 0.4) is 0 Å². The first-order valence-electron chi connectivity index (χ1n) is 5.29. The third kappa shape index (κ3) is 2.27. The molecule has 1 aliphatic rings. The van der Waals surface area contributed by atoms with Crippen molar-refractivity contribution < 1.29 is 19.0 Å². The molecule has 5 nitrogen and oxygen atoms in total. The van der Waals surface area contributed by atoms with Crippen molar-refractivity contribution in [1.82, 2.24) is 4.90 Å². The van der Waals surface area contributed by atoms with Crippen molar-refractivity contribution in [2.75, 3.05) is 14.1 Å². The zero-order valence-corrected chi connectivity index (χ0v) is 10.3. The quantitative estimate of drug-likeness (QED) is 0.751. The lowest BCUT2D eigenvalue weighted by atomic mass is 10.3. The minimum Gasteiger partial charge on any atom is -0.449 e. The van der Waals surface area contributed by atoms with Crippen molar-refractivity contribution in [3.05, 3.63) is 18.2 Å². The molecule has 0 radical (unpaired) electrons. The first-order valence-corrected chi connectivity index (χ1v) is 5.29. The second-order valence-corrected chi connectivity index (χ2v) is 4.45. The van der Waals surface area contributed by atoms with E-state index in [1.165, 1.54) is 4.90 Å². The molecule has 1 aromatic carbocycles. The van der Waals surface area contributed by atoms with Crippen LogP contribution in [-0.4, -0.2) is 30.9 Å². The van der Waals surface area contributed by atoms with Crippen molar-refractivity contribution in [3.8, 4) is 17.2 Å². The zero-order chi connectivity index (χ0) is 12.6. The highest BCUT2D eigenvalue weighted by atomic mass is 16.7. The van der Waals surface area contributed by atoms with E-state index in [4.69, 9.17) is 14.2 Å². The number of benzene rings is 1. The average Bonchev–Trinajstić information content (AvgIpc) is 2.53.